The van der Waals surface area contributed by atoms with Gasteiger partial charge in [-0.2, -0.15) is 5.26 Å². The van der Waals surface area contributed by atoms with Gasteiger partial charge in [-0.3, -0.25) is 0 Å². The standard InChI is InChI=1S/C14H10F3N3O/c1-9-6-7-19-13(12(9)8-18)20-10-2-4-11(5-3-10)21-14(15,16)17/h2-7H,1H3,(H,19,20). The molecule has 1 heterocycles. The molecule has 0 amide bonds. The van der Waals surface area contributed by atoms with Crippen molar-refractivity contribution in [2.75, 3.05) is 5.32 Å². The molecule has 0 bridgehead atoms. The Morgan fingerprint density at radius 3 is 2.43 bits per heavy atom. The third kappa shape index (κ3) is 3.86. The van der Waals surface area contributed by atoms with E-state index < -0.39 is 6.36 Å². The smallest absolute Gasteiger partial charge is 0.406 e. The lowest BCUT2D eigenvalue weighted by Gasteiger charge is -2.11. The summed E-state index contributed by atoms with van der Waals surface area (Å²) in [5.41, 5.74) is 1.64. The molecule has 0 aliphatic heterocycles. The van der Waals surface area contributed by atoms with Gasteiger partial charge in [0.25, 0.3) is 0 Å². The maximum atomic E-state index is 12.0. The first-order valence-corrected chi connectivity index (χ1v) is 5.87. The van der Waals surface area contributed by atoms with Crippen LogP contribution in [0.15, 0.2) is 36.5 Å². The van der Waals surface area contributed by atoms with E-state index in [1.807, 2.05) is 6.07 Å². The van der Waals surface area contributed by atoms with Crippen molar-refractivity contribution >= 4 is 11.5 Å². The Morgan fingerprint density at radius 1 is 1.19 bits per heavy atom. The van der Waals surface area contributed by atoms with Crippen LogP contribution in [0.1, 0.15) is 11.1 Å². The number of pyridine rings is 1. The molecule has 0 aliphatic rings. The topological polar surface area (TPSA) is 57.9 Å². The Morgan fingerprint density at radius 2 is 1.86 bits per heavy atom. The van der Waals surface area contributed by atoms with Gasteiger partial charge in [-0.25, -0.2) is 4.98 Å². The fourth-order valence-corrected chi connectivity index (χ4v) is 1.67. The normalized spacial score (nSPS) is 10.8. The molecule has 1 aromatic heterocycles. The second-order valence-corrected chi connectivity index (χ2v) is 4.16. The Bertz CT molecular complexity index is 675. The van der Waals surface area contributed by atoms with Crippen molar-refractivity contribution < 1.29 is 17.9 Å². The van der Waals surface area contributed by atoms with Gasteiger partial charge < -0.3 is 10.1 Å². The summed E-state index contributed by atoms with van der Waals surface area (Å²) in [7, 11) is 0. The lowest BCUT2D eigenvalue weighted by atomic mass is 10.1. The monoisotopic (exact) mass is 293 g/mol. The number of rotatable bonds is 3. The lowest BCUT2D eigenvalue weighted by Crippen LogP contribution is -2.17. The van der Waals surface area contributed by atoms with Crippen molar-refractivity contribution in [2.45, 2.75) is 13.3 Å². The zero-order valence-electron chi connectivity index (χ0n) is 10.9. The molecule has 0 saturated carbocycles. The predicted octanol–water partition coefficient (Wildman–Crippen LogP) is 3.90. The van der Waals surface area contributed by atoms with Gasteiger partial charge in [0, 0.05) is 11.9 Å². The molecule has 0 atom stereocenters. The number of aromatic nitrogens is 1. The summed E-state index contributed by atoms with van der Waals surface area (Å²) in [4.78, 5) is 4.04. The molecule has 1 aromatic carbocycles. The van der Waals surface area contributed by atoms with Crippen LogP contribution in [0.25, 0.3) is 0 Å². The number of nitriles is 1. The molecule has 0 fully saturated rings. The highest BCUT2D eigenvalue weighted by Crippen LogP contribution is 2.26. The average molecular weight is 293 g/mol. The van der Waals surface area contributed by atoms with Crippen LogP contribution < -0.4 is 10.1 Å². The number of hydrogen-bond donors (Lipinski definition) is 1. The fraction of sp³-hybridized carbons (Fsp3) is 0.143. The Hall–Kier alpha value is -2.75. The first-order chi connectivity index (χ1) is 9.89. The molecule has 0 aliphatic carbocycles. The number of ether oxygens (including phenoxy) is 1. The van der Waals surface area contributed by atoms with Crippen LogP contribution in [0.2, 0.25) is 0 Å². The first-order valence-electron chi connectivity index (χ1n) is 5.87. The Kier molecular flexibility index (Phi) is 3.98. The van der Waals surface area contributed by atoms with Gasteiger partial charge in [0.15, 0.2) is 0 Å². The number of hydrogen-bond acceptors (Lipinski definition) is 4. The summed E-state index contributed by atoms with van der Waals surface area (Å²) >= 11 is 0. The molecule has 7 heteroatoms. The van der Waals surface area contributed by atoms with E-state index in [0.29, 0.717) is 17.1 Å². The second-order valence-electron chi connectivity index (χ2n) is 4.16. The fourth-order valence-electron chi connectivity index (χ4n) is 1.67. The molecule has 0 radical (unpaired) electrons. The molecule has 0 saturated heterocycles. The number of anilines is 2. The second kappa shape index (κ2) is 5.71. The van der Waals surface area contributed by atoms with E-state index in [2.05, 4.69) is 15.0 Å². The summed E-state index contributed by atoms with van der Waals surface area (Å²) < 4.78 is 39.9. The third-order valence-corrected chi connectivity index (χ3v) is 2.62. The number of nitrogens with one attached hydrogen (secondary N) is 1. The van der Waals surface area contributed by atoms with Gasteiger partial charge in [0.1, 0.15) is 17.6 Å². The van der Waals surface area contributed by atoms with Gasteiger partial charge in [-0.05, 0) is 42.8 Å². The van der Waals surface area contributed by atoms with Crippen molar-refractivity contribution in [3.05, 3.63) is 47.7 Å². The summed E-state index contributed by atoms with van der Waals surface area (Å²) in [5.74, 6) is 0.0350. The van der Waals surface area contributed by atoms with Crippen molar-refractivity contribution in [3.8, 4) is 11.8 Å². The van der Waals surface area contributed by atoms with Crippen LogP contribution >= 0.6 is 0 Å². The number of aryl methyl sites for hydroxylation is 1. The van der Waals surface area contributed by atoms with E-state index in [1.54, 1.807) is 19.2 Å². The maximum absolute atomic E-state index is 12.0. The van der Waals surface area contributed by atoms with Crippen LogP contribution in [0.5, 0.6) is 5.75 Å². The Balaban J connectivity index is 2.18. The Labute approximate surface area is 118 Å². The van der Waals surface area contributed by atoms with Gasteiger partial charge in [-0.1, -0.05) is 0 Å². The van der Waals surface area contributed by atoms with Gasteiger partial charge in [0.05, 0.1) is 5.56 Å². The number of halogens is 3. The zero-order chi connectivity index (χ0) is 15.5. The van der Waals surface area contributed by atoms with Crippen molar-refractivity contribution in [3.63, 3.8) is 0 Å². The van der Waals surface area contributed by atoms with E-state index in [-0.39, 0.29) is 5.75 Å². The number of nitrogens with zero attached hydrogens (tertiary/aromatic N) is 2. The van der Waals surface area contributed by atoms with E-state index >= 15 is 0 Å². The summed E-state index contributed by atoms with van der Waals surface area (Å²) in [5, 5.41) is 12.0. The van der Waals surface area contributed by atoms with Crippen molar-refractivity contribution in [1.82, 2.24) is 4.98 Å². The van der Waals surface area contributed by atoms with Crippen LogP contribution in [-0.2, 0) is 0 Å². The number of benzene rings is 1. The van der Waals surface area contributed by atoms with Gasteiger partial charge in [-0.15, -0.1) is 13.2 Å². The van der Waals surface area contributed by atoms with Crippen molar-refractivity contribution in [2.24, 2.45) is 0 Å². The molecule has 0 spiro atoms. The molecule has 21 heavy (non-hydrogen) atoms. The minimum atomic E-state index is -4.72. The van der Waals surface area contributed by atoms with Crippen molar-refractivity contribution in [1.29, 1.82) is 5.26 Å². The molecule has 108 valence electrons. The minimum Gasteiger partial charge on any atom is -0.406 e. The number of alkyl halides is 3. The molecule has 2 rings (SSSR count). The zero-order valence-corrected chi connectivity index (χ0v) is 10.9. The molecule has 2 aromatic rings. The molecule has 0 unspecified atom stereocenters. The molecule has 1 N–H and O–H groups in total. The van der Waals surface area contributed by atoms with Crippen LogP contribution in [0, 0.1) is 18.3 Å². The van der Waals surface area contributed by atoms with E-state index in [0.717, 1.165) is 5.56 Å². The average Bonchev–Trinajstić information content (AvgIpc) is 2.40. The van der Waals surface area contributed by atoms with E-state index in [4.69, 9.17) is 5.26 Å². The molecular formula is C14H10F3N3O. The SMILES string of the molecule is Cc1ccnc(Nc2ccc(OC(F)(F)F)cc2)c1C#N. The first kappa shape index (κ1) is 14.7. The van der Waals surface area contributed by atoms with Gasteiger partial charge in [0.2, 0.25) is 0 Å². The largest absolute Gasteiger partial charge is 0.573 e. The predicted molar refractivity (Wildman–Crippen MR) is 70.1 cm³/mol. The maximum Gasteiger partial charge on any atom is 0.573 e. The highest BCUT2D eigenvalue weighted by Gasteiger charge is 2.30. The molecular weight excluding hydrogens is 283 g/mol. The lowest BCUT2D eigenvalue weighted by molar-refractivity contribution is -0.274. The van der Waals surface area contributed by atoms with Gasteiger partial charge >= 0.3 is 6.36 Å². The third-order valence-electron chi connectivity index (χ3n) is 2.62. The van der Waals surface area contributed by atoms with Crippen LogP contribution in [0.4, 0.5) is 24.7 Å². The quantitative estimate of drug-likeness (QED) is 0.932. The highest BCUT2D eigenvalue weighted by molar-refractivity contribution is 5.64. The summed E-state index contributed by atoms with van der Waals surface area (Å²) in [6, 6.07) is 8.90. The summed E-state index contributed by atoms with van der Waals surface area (Å²) in [6.07, 6.45) is -3.18. The molecule has 4 nitrogen and oxygen atoms in total. The van der Waals surface area contributed by atoms with Crippen LogP contribution in [-0.4, -0.2) is 11.3 Å². The van der Waals surface area contributed by atoms with Crippen LogP contribution in [0.3, 0.4) is 0 Å². The minimum absolute atomic E-state index is 0.314. The van der Waals surface area contributed by atoms with E-state index in [1.165, 1.54) is 24.3 Å². The summed E-state index contributed by atoms with van der Waals surface area (Å²) in [6.45, 7) is 1.77. The highest BCUT2D eigenvalue weighted by atomic mass is 19.4. The van der Waals surface area contributed by atoms with E-state index in [9.17, 15) is 13.2 Å².